The number of amidine groups is 1. The van der Waals surface area contributed by atoms with E-state index in [2.05, 4.69) is 10.00 Å². The number of nitrogens with one attached hydrogen (secondary N) is 1. The number of aryl methyl sites for hydroxylation is 2. The van der Waals surface area contributed by atoms with Crippen molar-refractivity contribution in [3.63, 3.8) is 0 Å². The lowest BCUT2D eigenvalue weighted by Crippen LogP contribution is -2.25. The van der Waals surface area contributed by atoms with Crippen molar-refractivity contribution in [2.45, 2.75) is 19.9 Å². The van der Waals surface area contributed by atoms with E-state index >= 15 is 0 Å². The highest BCUT2D eigenvalue weighted by Gasteiger charge is 2.12. The number of halogens is 1. The zero-order valence-corrected chi connectivity index (χ0v) is 10.7. The van der Waals surface area contributed by atoms with Gasteiger partial charge in [0.2, 0.25) is 0 Å². The van der Waals surface area contributed by atoms with Crippen molar-refractivity contribution in [2.75, 3.05) is 13.6 Å². The predicted molar refractivity (Wildman–Crippen MR) is 65.8 cm³/mol. The highest BCUT2D eigenvalue weighted by atomic mass is 35.5. The van der Waals surface area contributed by atoms with Gasteiger partial charge >= 0.3 is 0 Å². The second-order valence-corrected chi connectivity index (χ2v) is 4.36. The number of hydrogen-bond donors (Lipinski definition) is 2. The van der Waals surface area contributed by atoms with Crippen LogP contribution in [-0.2, 0) is 13.6 Å². The van der Waals surface area contributed by atoms with Crippen LogP contribution in [0.2, 0.25) is 5.02 Å². The van der Waals surface area contributed by atoms with E-state index in [1.54, 1.807) is 4.68 Å². The summed E-state index contributed by atoms with van der Waals surface area (Å²) >= 11 is 6.14. The Morgan fingerprint density at radius 2 is 2.25 bits per heavy atom. The van der Waals surface area contributed by atoms with Crippen molar-refractivity contribution in [1.29, 1.82) is 5.41 Å². The van der Waals surface area contributed by atoms with Crippen molar-refractivity contribution >= 4 is 17.4 Å². The molecule has 0 atom stereocenters. The molecule has 3 N–H and O–H groups in total. The largest absolute Gasteiger partial charge is 0.388 e. The molecule has 6 heteroatoms. The lowest BCUT2D eigenvalue weighted by molar-refractivity contribution is 0.326. The van der Waals surface area contributed by atoms with Gasteiger partial charge in [0.05, 0.1) is 22.2 Å². The van der Waals surface area contributed by atoms with E-state index in [9.17, 15) is 0 Å². The summed E-state index contributed by atoms with van der Waals surface area (Å²) in [6, 6.07) is 0. The highest BCUT2D eigenvalue weighted by Crippen LogP contribution is 2.20. The van der Waals surface area contributed by atoms with Crippen molar-refractivity contribution in [1.82, 2.24) is 14.7 Å². The van der Waals surface area contributed by atoms with E-state index in [4.69, 9.17) is 22.7 Å². The normalized spacial score (nSPS) is 11.1. The first-order valence-electron chi connectivity index (χ1n) is 5.11. The summed E-state index contributed by atoms with van der Waals surface area (Å²) in [5.41, 5.74) is 7.15. The summed E-state index contributed by atoms with van der Waals surface area (Å²) in [6.07, 6.45) is 0.574. The number of rotatable bonds is 5. The summed E-state index contributed by atoms with van der Waals surface area (Å²) in [5.74, 6) is 0.208. The van der Waals surface area contributed by atoms with Crippen LogP contribution in [0.1, 0.15) is 17.8 Å². The lowest BCUT2D eigenvalue weighted by atomic mass is 10.3. The average molecular weight is 244 g/mol. The molecule has 1 rings (SSSR count). The molecule has 0 fully saturated rings. The minimum atomic E-state index is 0.208. The van der Waals surface area contributed by atoms with Gasteiger partial charge in [0.1, 0.15) is 0 Å². The molecule has 0 saturated carbocycles. The zero-order valence-electron chi connectivity index (χ0n) is 9.92. The molecule has 0 spiro atoms. The molecule has 1 heterocycles. The third kappa shape index (κ3) is 3.21. The summed E-state index contributed by atoms with van der Waals surface area (Å²) in [4.78, 5) is 2.07. The molecule has 0 aliphatic rings. The Hall–Kier alpha value is -1.07. The molecule has 0 bridgehead atoms. The van der Waals surface area contributed by atoms with Crippen LogP contribution >= 0.6 is 11.6 Å². The minimum Gasteiger partial charge on any atom is -0.388 e. The Kier molecular flexibility index (Phi) is 4.32. The van der Waals surface area contributed by atoms with Crippen molar-refractivity contribution in [3.8, 4) is 0 Å². The van der Waals surface area contributed by atoms with E-state index < -0.39 is 0 Å². The van der Waals surface area contributed by atoms with E-state index in [1.807, 2.05) is 21.0 Å². The third-order valence-corrected chi connectivity index (χ3v) is 2.94. The first-order valence-corrected chi connectivity index (χ1v) is 5.49. The quantitative estimate of drug-likeness (QED) is 0.602. The van der Waals surface area contributed by atoms with Crippen LogP contribution in [0.5, 0.6) is 0 Å². The number of nitrogens with zero attached hydrogens (tertiary/aromatic N) is 3. The number of nitrogens with two attached hydrogens (primary N) is 1. The predicted octanol–water partition coefficient (Wildman–Crippen LogP) is 1.14. The second-order valence-electron chi connectivity index (χ2n) is 3.98. The van der Waals surface area contributed by atoms with Crippen LogP contribution < -0.4 is 5.73 Å². The van der Waals surface area contributed by atoms with Gasteiger partial charge in [-0.15, -0.1) is 0 Å². The fourth-order valence-corrected chi connectivity index (χ4v) is 1.72. The van der Waals surface area contributed by atoms with E-state index in [1.165, 1.54) is 0 Å². The minimum absolute atomic E-state index is 0.208. The first-order chi connectivity index (χ1) is 7.41. The molecule has 0 saturated heterocycles. The molecule has 0 aromatic carbocycles. The maximum Gasteiger partial charge on any atom is 0.0918 e. The molecule has 16 heavy (non-hydrogen) atoms. The van der Waals surface area contributed by atoms with Crippen LogP contribution in [0.3, 0.4) is 0 Å². The van der Waals surface area contributed by atoms with E-state index in [-0.39, 0.29) is 5.84 Å². The van der Waals surface area contributed by atoms with Gasteiger partial charge in [0.15, 0.2) is 0 Å². The molecular formula is C10H18ClN5. The van der Waals surface area contributed by atoms with Crippen molar-refractivity contribution in [3.05, 3.63) is 16.4 Å². The molecule has 90 valence electrons. The summed E-state index contributed by atoms with van der Waals surface area (Å²) in [7, 11) is 3.86. The molecule has 0 aliphatic heterocycles. The van der Waals surface area contributed by atoms with Gasteiger partial charge in [0.25, 0.3) is 0 Å². The Labute approximate surface area is 101 Å². The number of aromatic nitrogens is 2. The van der Waals surface area contributed by atoms with Gasteiger partial charge < -0.3 is 10.6 Å². The van der Waals surface area contributed by atoms with Gasteiger partial charge in [-0.25, -0.2) is 0 Å². The second kappa shape index (κ2) is 5.32. The van der Waals surface area contributed by atoms with Crippen LogP contribution in [0.15, 0.2) is 0 Å². The summed E-state index contributed by atoms with van der Waals surface area (Å²) in [6.45, 7) is 3.35. The summed E-state index contributed by atoms with van der Waals surface area (Å²) < 4.78 is 1.79. The Bertz CT molecular complexity index is 385. The fourth-order valence-electron chi connectivity index (χ4n) is 1.50. The van der Waals surface area contributed by atoms with Crippen LogP contribution in [0.4, 0.5) is 0 Å². The molecule has 0 radical (unpaired) electrons. The average Bonchev–Trinajstić information content (AvgIpc) is 2.42. The van der Waals surface area contributed by atoms with Crippen LogP contribution in [-0.4, -0.2) is 34.1 Å². The molecule has 0 aliphatic carbocycles. The maximum absolute atomic E-state index is 7.16. The van der Waals surface area contributed by atoms with Gasteiger partial charge in [-0.05, 0) is 14.0 Å². The monoisotopic (exact) mass is 243 g/mol. The van der Waals surface area contributed by atoms with Crippen molar-refractivity contribution < 1.29 is 0 Å². The zero-order chi connectivity index (χ0) is 12.3. The highest BCUT2D eigenvalue weighted by molar-refractivity contribution is 6.31. The third-order valence-electron chi connectivity index (χ3n) is 2.44. The molecular weight excluding hydrogens is 226 g/mol. The standard InChI is InChI=1S/C10H18ClN5/c1-7-10(11)8(16(3)14-7)6-15(2)5-4-9(12)13/h4-6H2,1-3H3,(H3,12,13). The molecule has 5 nitrogen and oxygen atoms in total. The van der Waals surface area contributed by atoms with Crippen LogP contribution in [0.25, 0.3) is 0 Å². The molecule has 0 amide bonds. The van der Waals surface area contributed by atoms with Gasteiger partial charge in [0, 0.05) is 26.6 Å². The van der Waals surface area contributed by atoms with Gasteiger partial charge in [-0.1, -0.05) is 11.6 Å². The Morgan fingerprint density at radius 1 is 1.62 bits per heavy atom. The fraction of sp³-hybridized carbons (Fsp3) is 0.600. The maximum atomic E-state index is 7.16. The number of hydrogen-bond acceptors (Lipinski definition) is 3. The van der Waals surface area contributed by atoms with Crippen LogP contribution in [0, 0.1) is 12.3 Å². The molecule has 1 aromatic heterocycles. The van der Waals surface area contributed by atoms with E-state index in [0.29, 0.717) is 13.0 Å². The Morgan fingerprint density at radius 3 is 2.69 bits per heavy atom. The first kappa shape index (κ1) is 13.0. The molecule has 0 unspecified atom stereocenters. The smallest absolute Gasteiger partial charge is 0.0918 e. The topological polar surface area (TPSA) is 70.9 Å². The summed E-state index contributed by atoms with van der Waals surface area (Å²) in [5, 5.41) is 12.1. The lowest BCUT2D eigenvalue weighted by Gasteiger charge is -2.16. The Balaban J connectivity index is 2.62. The van der Waals surface area contributed by atoms with Gasteiger partial charge in [-0.2, -0.15) is 5.10 Å². The van der Waals surface area contributed by atoms with Gasteiger partial charge in [-0.3, -0.25) is 10.1 Å². The molecule has 1 aromatic rings. The SMILES string of the molecule is Cc1nn(C)c(CN(C)CCC(=N)N)c1Cl. The van der Waals surface area contributed by atoms with Crippen molar-refractivity contribution in [2.24, 2.45) is 12.8 Å². The van der Waals surface area contributed by atoms with E-state index in [0.717, 1.165) is 23.0 Å².